The third-order valence-corrected chi connectivity index (χ3v) is 5.84. The number of amides is 2. The molecule has 1 aromatic carbocycles. The second-order valence-electron chi connectivity index (χ2n) is 8.17. The number of imidazole rings is 1. The lowest BCUT2D eigenvalue weighted by Gasteiger charge is -2.32. The van der Waals surface area contributed by atoms with Gasteiger partial charge in [0.15, 0.2) is 17.0 Å². The van der Waals surface area contributed by atoms with Gasteiger partial charge < -0.3 is 29.6 Å². The molecule has 1 fully saturated rings. The Morgan fingerprint density at radius 1 is 1.17 bits per heavy atom. The lowest BCUT2D eigenvalue weighted by atomic mass is 10.0. The number of carbonyl (C=O) groups is 2. The Balaban J connectivity index is 1.63. The van der Waals surface area contributed by atoms with E-state index >= 15 is 0 Å². The Hall–Kier alpha value is -4.25. The van der Waals surface area contributed by atoms with E-state index in [1.54, 1.807) is 18.3 Å². The SMILES string of the molecule is C=CC(=O)Nc1nc(Nc2cccc(OCCOC)c2)nc2c1ncn2C1CCN(C(=O)C=C)CC1. The van der Waals surface area contributed by atoms with Crippen molar-refractivity contribution in [2.24, 2.45) is 0 Å². The molecule has 0 atom stereocenters. The first kappa shape index (κ1) is 24.9. The molecule has 2 amide bonds. The molecule has 0 radical (unpaired) electrons. The maximum Gasteiger partial charge on any atom is 0.248 e. The highest BCUT2D eigenvalue weighted by atomic mass is 16.5. The van der Waals surface area contributed by atoms with E-state index in [0.717, 1.165) is 12.8 Å². The van der Waals surface area contributed by atoms with E-state index in [-0.39, 0.29) is 23.7 Å². The largest absolute Gasteiger partial charge is 0.491 e. The maximum atomic E-state index is 12.1. The van der Waals surface area contributed by atoms with Gasteiger partial charge in [-0.25, -0.2) is 4.98 Å². The van der Waals surface area contributed by atoms with Crippen LogP contribution < -0.4 is 15.4 Å². The predicted octanol–water partition coefficient (Wildman–Crippen LogP) is 3.07. The van der Waals surface area contributed by atoms with E-state index in [2.05, 4.69) is 33.8 Å². The van der Waals surface area contributed by atoms with Gasteiger partial charge in [-0.1, -0.05) is 19.2 Å². The number of aromatic nitrogens is 4. The zero-order valence-electron chi connectivity index (χ0n) is 20.1. The molecule has 2 aromatic heterocycles. The molecule has 3 heterocycles. The topological polar surface area (TPSA) is 124 Å². The molecule has 0 bridgehead atoms. The molecule has 0 saturated carbocycles. The Bertz CT molecular complexity index is 1260. The monoisotopic (exact) mass is 491 g/mol. The number of anilines is 3. The summed E-state index contributed by atoms with van der Waals surface area (Å²) < 4.78 is 12.7. The van der Waals surface area contributed by atoms with E-state index in [4.69, 9.17) is 14.5 Å². The molecule has 2 N–H and O–H groups in total. The van der Waals surface area contributed by atoms with Crippen LogP contribution in [-0.4, -0.2) is 69.6 Å². The van der Waals surface area contributed by atoms with Gasteiger partial charge in [-0.05, 0) is 37.1 Å². The second kappa shape index (κ2) is 11.5. The summed E-state index contributed by atoms with van der Waals surface area (Å²) in [6.07, 6.45) is 5.70. The molecule has 11 heteroatoms. The molecular weight excluding hydrogens is 462 g/mol. The van der Waals surface area contributed by atoms with Crippen LogP contribution in [0.5, 0.6) is 5.75 Å². The van der Waals surface area contributed by atoms with Crippen molar-refractivity contribution < 1.29 is 19.1 Å². The number of methoxy groups -OCH3 is 1. The Morgan fingerprint density at radius 3 is 2.69 bits per heavy atom. The molecule has 0 aliphatic carbocycles. The van der Waals surface area contributed by atoms with Crippen LogP contribution in [0, 0.1) is 0 Å². The lowest BCUT2D eigenvalue weighted by molar-refractivity contribution is -0.127. The van der Waals surface area contributed by atoms with Crippen LogP contribution in [0.4, 0.5) is 17.5 Å². The molecule has 11 nitrogen and oxygen atoms in total. The summed E-state index contributed by atoms with van der Waals surface area (Å²) in [5.74, 6) is 0.764. The van der Waals surface area contributed by atoms with E-state index in [1.807, 2.05) is 28.8 Å². The summed E-state index contributed by atoms with van der Waals surface area (Å²) in [6, 6.07) is 7.48. The zero-order chi connectivity index (χ0) is 25.5. The number of hydrogen-bond donors (Lipinski definition) is 2. The highest BCUT2D eigenvalue weighted by Gasteiger charge is 2.25. The number of ether oxygens (including phenoxy) is 2. The van der Waals surface area contributed by atoms with Crippen molar-refractivity contribution >= 4 is 40.4 Å². The minimum atomic E-state index is -0.403. The van der Waals surface area contributed by atoms with Gasteiger partial charge in [0.2, 0.25) is 17.8 Å². The number of likely N-dealkylation sites (tertiary alicyclic amines) is 1. The quantitative estimate of drug-likeness (QED) is 0.328. The van der Waals surface area contributed by atoms with Gasteiger partial charge in [0.05, 0.1) is 12.9 Å². The number of benzene rings is 1. The van der Waals surface area contributed by atoms with Crippen molar-refractivity contribution in [1.29, 1.82) is 0 Å². The fraction of sp³-hybridized carbons (Fsp3) is 0.320. The number of rotatable bonds is 10. The minimum absolute atomic E-state index is 0.0689. The highest BCUT2D eigenvalue weighted by molar-refractivity contribution is 6.02. The first-order valence-corrected chi connectivity index (χ1v) is 11.6. The molecule has 0 unspecified atom stereocenters. The Kier molecular flexibility index (Phi) is 7.91. The van der Waals surface area contributed by atoms with Crippen LogP contribution in [0.25, 0.3) is 11.2 Å². The highest BCUT2D eigenvalue weighted by Crippen LogP contribution is 2.30. The smallest absolute Gasteiger partial charge is 0.248 e. The lowest BCUT2D eigenvalue weighted by Crippen LogP contribution is -2.38. The molecule has 188 valence electrons. The van der Waals surface area contributed by atoms with Crippen molar-refractivity contribution in [2.75, 3.05) is 44.0 Å². The Morgan fingerprint density at radius 2 is 1.97 bits per heavy atom. The van der Waals surface area contributed by atoms with Crippen molar-refractivity contribution in [2.45, 2.75) is 18.9 Å². The molecule has 1 aliphatic heterocycles. The fourth-order valence-corrected chi connectivity index (χ4v) is 4.02. The molecule has 4 rings (SSSR count). The van der Waals surface area contributed by atoms with Crippen LogP contribution in [0.2, 0.25) is 0 Å². The van der Waals surface area contributed by atoms with Crippen LogP contribution >= 0.6 is 0 Å². The summed E-state index contributed by atoms with van der Waals surface area (Å²) in [5, 5.41) is 5.92. The number of nitrogens with zero attached hydrogens (tertiary/aromatic N) is 5. The molecular formula is C25H29N7O4. The molecule has 0 spiro atoms. The first-order chi connectivity index (χ1) is 17.5. The van der Waals surface area contributed by atoms with Crippen LogP contribution in [0.3, 0.4) is 0 Å². The molecule has 1 aliphatic rings. The molecule has 36 heavy (non-hydrogen) atoms. The standard InChI is InChI=1S/C25H29N7O4/c1-4-20(33)28-23-22-24(32(16-26-22)18-9-11-31(12-10-18)21(34)5-2)30-25(29-23)27-17-7-6-8-19(15-17)36-14-13-35-3/h4-8,15-16,18H,1-2,9-14H2,3H3,(H2,27,28,29,30,33). The van der Waals surface area contributed by atoms with E-state index in [9.17, 15) is 9.59 Å². The average Bonchev–Trinajstić information content (AvgIpc) is 3.33. The van der Waals surface area contributed by atoms with Crippen molar-refractivity contribution in [3.05, 3.63) is 55.9 Å². The van der Waals surface area contributed by atoms with Crippen LogP contribution in [0.1, 0.15) is 18.9 Å². The van der Waals surface area contributed by atoms with E-state index < -0.39 is 5.91 Å². The summed E-state index contributed by atoms with van der Waals surface area (Å²) in [5.41, 5.74) is 1.76. The third-order valence-electron chi connectivity index (χ3n) is 5.84. The van der Waals surface area contributed by atoms with Crippen LogP contribution in [-0.2, 0) is 14.3 Å². The zero-order valence-corrected chi connectivity index (χ0v) is 20.1. The second-order valence-corrected chi connectivity index (χ2v) is 8.17. The summed E-state index contributed by atoms with van der Waals surface area (Å²) in [4.78, 5) is 39.5. The normalized spacial score (nSPS) is 13.9. The van der Waals surface area contributed by atoms with Crippen molar-refractivity contribution in [3.8, 4) is 5.75 Å². The number of nitrogens with one attached hydrogen (secondary N) is 2. The minimum Gasteiger partial charge on any atom is -0.491 e. The first-order valence-electron chi connectivity index (χ1n) is 11.6. The fourth-order valence-electron chi connectivity index (χ4n) is 4.02. The van der Waals surface area contributed by atoms with Crippen molar-refractivity contribution in [1.82, 2.24) is 24.4 Å². The Labute approximate surface area is 208 Å². The van der Waals surface area contributed by atoms with Crippen molar-refractivity contribution in [3.63, 3.8) is 0 Å². The summed E-state index contributed by atoms with van der Waals surface area (Å²) >= 11 is 0. The third kappa shape index (κ3) is 5.69. The number of hydrogen-bond acceptors (Lipinski definition) is 8. The number of piperidine rings is 1. The summed E-state index contributed by atoms with van der Waals surface area (Å²) in [7, 11) is 1.62. The number of fused-ring (bicyclic) bond motifs is 1. The number of carbonyl (C=O) groups excluding carboxylic acids is 2. The maximum absolute atomic E-state index is 12.1. The van der Waals surface area contributed by atoms with Crippen LogP contribution in [0.15, 0.2) is 55.9 Å². The van der Waals surface area contributed by atoms with Gasteiger partial charge in [0.1, 0.15) is 12.4 Å². The van der Waals surface area contributed by atoms with Gasteiger partial charge in [0, 0.05) is 38.0 Å². The van der Waals surface area contributed by atoms with Gasteiger partial charge in [-0.2, -0.15) is 9.97 Å². The van der Waals surface area contributed by atoms with E-state index in [0.29, 0.717) is 48.9 Å². The van der Waals surface area contributed by atoms with E-state index in [1.165, 1.54) is 12.2 Å². The van der Waals surface area contributed by atoms with Gasteiger partial charge in [0.25, 0.3) is 0 Å². The predicted molar refractivity (Wildman–Crippen MR) is 136 cm³/mol. The van der Waals surface area contributed by atoms with Gasteiger partial charge >= 0.3 is 0 Å². The molecule has 1 saturated heterocycles. The van der Waals surface area contributed by atoms with Gasteiger partial charge in [-0.3, -0.25) is 9.59 Å². The molecule has 3 aromatic rings. The average molecular weight is 492 g/mol. The van der Waals surface area contributed by atoms with Gasteiger partial charge in [-0.15, -0.1) is 0 Å². The summed E-state index contributed by atoms with van der Waals surface area (Å²) in [6.45, 7) is 9.22.